The first kappa shape index (κ1) is 20.8. The molecule has 0 aliphatic carbocycles. The minimum atomic E-state index is -4.34. The molecule has 2 aromatic carbocycles. The zero-order valence-corrected chi connectivity index (χ0v) is 15.9. The van der Waals surface area contributed by atoms with E-state index in [-0.39, 0.29) is 11.1 Å². The zero-order valence-electron chi connectivity index (χ0n) is 15.0. The summed E-state index contributed by atoms with van der Waals surface area (Å²) in [6, 6.07) is 12.5. The first-order valence-corrected chi connectivity index (χ1v) is 9.32. The molecule has 2 rings (SSSR count). The third-order valence-electron chi connectivity index (χ3n) is 3.96. The van der Waals surface area contributed by atoms with E-state index in [0.717, 1.165) is 33.5 Å². The molecule has 0 bridgehead atoms. The summed E-state index contributed by atoms with van der Waals surface area (Å²) in [6.45, 7) is 0. The highest BCUT2D eigenvalue weighted by Gasteiger charge is 2.60. The lowest BCUT2D eigenvalue weighted by Crippen LogP contribution is -2.52. The lowest BCUT2D eigenvalue weighted by atomic mass is 10.1. The van der Waals surface area contributed by atoms with Gasteiger partial charge in [0.05, 0.1) is 7.11 Å². The zero-order chi connectivity index (χ0) is 20.1. The van der Waals surface area contributed by atoms with Crippen LogP contribution in [-0.4, -0.2) is 33.2 Å². The van der Waals surface area contributed by atoms with Gasteiger partial charge in [-0.25, -0.2) is 9.18 Å². The van der Waals surface area contributed by atoms with E-state index in [1.54, 1.807) is 18.2 Å². The molecular weight excluding hydrogens is 376 g/mol. The number of benzene rings is 2. The van der Waals surface area contributed by atoms with E-state index >= 15 is 0 Å². The molecule has 144 valence electrons. The molecule has 0 saturated heterocycles. The summed E-state index contributed by atoms with van der Waals surface area (Å²) in [4.78, 5) is 25.6. The summed E-state index contributed by atoms with van der Waals surface area (Å²) in [5.74, 6) is -2.40. The van der Waals surface area contributed by atoms with Crippen LogP contribution in [0.4, 0.5) is 4.39 Å². The second-order valence-corrected chi connectivity index (χ2v) is 7.79. The highest BCUT2D eigenvalue weighted by Crippen LogP contribution is 2.63. The molecule has 0 aliphatic heterocycles. The van der Waals surface area contributed by atoms with Crippen LogP contribution in [0.25, 0.3) is 0 Å². The number of hydrogen-bond donors (Lipinski definition) is 1. The summed E-state index contributed by atoms with van der Waals surface area (Å²) >= 11 is 0. The Hall–Kier alpha value is -2.54. The number of nitrogens with one attached hydrogen (secondary N) is 1. The maximum Gasteiger partial charge on any atom is 0.371 e. The Morgan fingerprint density at radius 3 is 2.00 bits per heavy atom. The van der Waals surface area contributed by atoms with Crippen LogP contribution in [0.15, 0.2) is 54.6 Å². The molecule has 1 atom stereocenters. The van der Waals surface area contributed by atoms with Crippen LogP contribution < -0.4 is 5.32 Å². The number of ether oxygens (including phenoxy) is 1. The molecule has 0 radical (unpaired) electrons. The number of rotatable bonds is 7. The summed E-state index contributed by atoms with van der Waals surface area (Å²) in [7, 11) is -1.14. The molecule has 1 amide bonds. The Morgan fingerprint density at radius 1 is 0.963 bits per heavy atom. The maximum absolute atomic E-state index is 13.4. The molecule has 1 unspecified atom stereocenters. The summed E-state index contributed by atoms with van der Waals surface area (Å²) in [5, 5.41) is 0.0853. The fourth-order valence-corrected chi connectivity index (χ4v) is 4.31. The predicted molar refractivity (Wildman–Crippen MR) is 95.6 cm³/mol. The van der Waals surface area contributed by atoms with Gasteiger partial charge in [-0.2, -0.15) is 0 Å². The minimum absolute atomic E-state index is 0.0212. The topological polar surface area (TPSA) is 90.9 Å². The molecule has 7 nitrogen and oxygen atoms in total. The SMILES string of the molecule is COC(=O)C(NC(=O)c1ccccc1)(c1ccc(F)cc1)P(=O)(OC)OC. The van der Waals surface area contributed by atoms with Gasteiger partial charge in [0.15, 0.2) is 0 Å². The Bertz CT molecular complexity index is 850. The molecule has 0 fully saturated rings. The number of carbonyl (C=O) groups is 2. The van der Waals surface area contributed by atoms with Gasteiger partial charge >= 0.3 is 13.6 Å². The predicted octanol–water partition coefficient (Wildman–Crippen LogP) is 3.07. The van der Waals surface area contributed by atoms with E-state index in [4.69, 9.17) is 13.8 Å². The number of halogens is 1. The van der Waals surface area contributed by atoms with Gasteiger partial charge in [0, 0.05) is 25.3 Å². The third-order valence-corrected chi connectivity index (χ3v) is 6.30. The number of amides is 1. The first-order chi connectivity index (χ1) is 12.8. The molecule has 0 heterocycles. The third kappa shape index (κ3) is 3.78. The Labute approximate surface area is 156 Å². The van der Waals surface area contributed by atoms with Crippen molar-refractivity contribution in [2.24, 2.45) is 0 Å². The second-order valence-electron chi connectivity index (χ2n) is 5.39. The number of carbonyl (C=O) groups excluding carboxylic acids is 2. The van der Waals surface area contributed by atoms with E-state index in [0.29, 0.717) is 0 Å². The lowest BCUT2D eigenvalue weighted by molar-refractivity contribution is -0.145. The van der Waals surface area contributed by atoms with Gasteiger partial charge < -0.3 is 19.1 Å². The Morgan fingerprint density at radius 2 is 1.52 bits per heavy atom. The van der Waals surface area contributed by atoms with Crippen molar-refractivity contribution >= 4 is 19.5 Å². The molecule has 0 aromatic heterocycles. The largest absolute Gasteiger partial charge is 0.467 e. The van der Waals surface area contributed by atoms with Gasteiger partial charge in [0.1, 0.15) is 5.82 Å². The number of methoxy groups -OCH3 is 1. The van der Waals surface area contributed by atoms with Crippen LogP contribution in [0, 0.1) is 5.82 Å². The quantitative estimate of drug-likeness (QED) is 0.572. The van der Waals surface area contributed by atoms with E-state index < -0.39 is 30.6 Å². The molecular formula is C18H19FNO6P. The monoisotopic (exact) mass is 395 g/mol. The van der Waals surface area contributed by atoms with Crippen LogP contribution in [0.5, 0.6) is 0 Å². The van der Waals surface area contributed by atoms with Crippen molar-refractivity contribution in [3.05, 3.63) is 71.5 Å². The molecule has 0 saturated carbocycles. The van der Waals surface area contributed by atoms with E-state index in [1.807, 2.05) is 0 Å². The molecule has 2 aromatic rings. The first-order valence-electron chi connectivity index (χ1n) is 7.78. The lowest BCUT2D eigenvalue weighted by Gasteiger charge is -2.36. The second kappa shape index (κ2) is 8.43. The normalized spacial score (nSPS) is 13.5. The minimum Gasteiger partial charge on any atom is -0.467 e. The highest BCUT2D eigenvalue weighted by atomic mass is 31.2. The average molecular weight is 395 g/mol. The Balaban J connectivity index is 2.71. The molecule has 0 spiro atoms. The highest BCUT2D eigenvalue weighted by molar-refractivity contribution is 7.56. The summed E-state index contributed by atoms with van der Waals surface area (Å²) < 4.78 is 41.6. The van der Waals surface area contributed by atoms with Crippen LogP contribution in [0.2, 0.25) is 0 Å². The van der Waals surface area contributed by atoms with Crippen molar-refractivity contribution in [2.45, 2.75) is 5.28 Å². The number of esters is 1. The van der Waals surface area contributed by atoms with Gasteiger partial charge in [-0.1, -0.05) is 30.3 Å². The van der Waals surface area contributed by atoms with Crippen LogP contribution in [-0.2, 0) is 28.4 Å². The van der Waals surface area contributed by atoms with E-state index in [9.17, 15) is 18.5 Å². The van der Waals surface area contributed by atoms with Crippen molar-refractivity contribution < 1.29 is 32.3 Å². The van der Waals surface area contributed by atoms with Crippen molar-refractivity contribution in [2.75, 3.05) is 21.3 Å². The summed E-state index contributed by atoms with van der Waals surface area (Å²) in [6.07, 6.45) is 0. The van der Waals surface area contributed by atoms with Gasteiger partial charge in [-0.3, -0.25) is 9.36 Å². The van der Waals surface area contributed by atoms with E-state index in [2.05, 4.69) is 5.32 Å². The van der Waals surface area contributed by atoms with Gasteiger partial charge in [-0.15, -0.1) is 0 Å². The Kier molecular flexibility index (Phi) is 6.49. The van der Waals surface area contributed by atoms with Crippen molar-refractivity contribution in [1.29, 1.82) is 0 Å². The molecule has 27 heavy (non-hydrogen) atoms. The van der Waals surface area contributed by atoms with Crippen LogP contribution >= 0.6 is 7.60 Å². The molecule has 0 aliphatic rings. The fraction of sp³-hybridized carbons (Fsp3) is 0.222. The fourth-order valence-electron chi connectivity index (χ4n) is 2.59. The van der Waals surface area contributed by atoms with Crippen molar-refractivity contribution in [3.63, 3.8) is 0 Å². The smallest absolute Gasteiger partial charge is 0.371 e. The standard InChI is InChI=1S/C18H19FNO6P/c1-24-17(22)18(27(23,25-2)26-3,14-9-11-15(19)12-10-14)20-16(21)13-7-5-4-6-8-13/h4-12H,1-3H3,(H,20,21). The molecule has 1 N–H and O–H groups in total. The van der Waals surface area contributed by atoms with Crippen molar-refractivity contribution in [3.8, 4) is 0 Å². The van der Waals surface area contributed by atoms with Crippen LogP contribution in [0.3, 0.4) is 0 Å². The van der Waals surface area contributed by atoms with Crippen LogP contribution in [0.1, 0.15) is 15.9 Å². The average Bonchev–Trinajstić information content (AvgIpc) is 2.72. The van der Waals surface area contributed by atoms with Gasteiger partial charge in [-0.05, 0) is 24.3 Å². The molecule has 9 heteroatoms. The number of hydrogen-bond acceptors (Lipinski definition) is 6. The maximum atomic E-state index is 13.4. The van der Waals surface area contributed by atoms with Gasteiger partial charge in [0.25, 0.3) is 11.2 Å². The van der Waals surface area contributed by atoms with Gasteiger partial charge in [0.2, 0.25) is 0 Å². The van der Waals surface area contributed by atoms with E-state index in [1.165, 1.54) is 24.3 Å². The summed E-state index contributed by atoms with van der Waals surface area (Å²) in [5.41, 5.74) is 0.179. The van der Waals surface area contributed by atoms with Crippen molar-refractivity contribution in [1.82, 2.24) is 5.32 Å².